The van der Waals surface area contributed by atoms with E-state index >= 15 is 0 Å². The molecule has 0 amide bonds. The zero-order valence-electron chi connectivity index (χ0n) is 20.1. The summed E-state index contributed by atoms with van der Waals surface area (Å²) in [6, 6.07) is 12.0. The molecule has 1 unspecified atom stereocenters. The maximum absolute atomic E-state index is 11.5. The summed E-state index contributed by atoms with van der Waals surface area (Å²) in [6.45, 7) is 2.38. The van der Waals surface area contributed by atoms with Crippen molar-refractivity contribution in [3.8, 4) is 5.75 Å². The molecule has 0 bridgehead atoms. The number of carbonyl (C=O) groups is 1. The quantitative estimate of drug-likeness (QED) is 0.457. The van der Waals surface area contributed by atoms with E-state index in [1.807, 2.05) is 35.2 Å². The summed E-state index contributed by atoms with van der Waals surface area (Å²) in [7, 11) is 2.13. The van der Waals surface area contributed by atoms with Crippen molar-refractivity contribution in [1.29, 1.82) is 0 Å². The van der Waals surface area contributed by atoms with Crippen LogP contribution in [0.1, 0.15) is 41.9 Å². The van der Waals surface area contributed by atoms with Crippen LogP contribution in [0.25, 0.3) is 0 Å². The van der Waals surface area contributed by atoms with Crippen LogP contribution in [0.3, 0.4) is 0 Å². The molecule has 1 saturated carbocycles. The molecule has 3 aliphatic rings. The van der Waals surface area contributed by atoms with Crippen LogP contribution in [0, 0.1) is 0 Å². The Kier molecular flexibility index (Phi) is 5.93. The van der Waals surface area contributed by atoms with E-state index in [0.29, 0.717) is 29.4 Å². The van der Waals surface area contributed by atoms with E-state index in [1.54, 1.807) is 6.20 Å². The number of para-hydroxylation sites is 1. The molecule has 1 atom stereocenters. The minimum Gasteiger partial charge on any atom is -0.490 e. The molecule has 3 heterocycles. The van der Waals surface area contributed by atoms with Crippen LogP contribution in [0.2, 0.25) is 5.02 Å². The third-order valence-electron chi connectivity index (χ3n) is 7.03. The fraction of sp³-hybridized carbons (Fsp3) is 0.370. The first-order valence-electron chi connectivity index (χ1n) is 12.3. The lowest BCUT2D eigenvalue weighted by Gasteiger charge is -2.27. The lowest BCUT2D eigenvalue weighted by molar-refractivity contribution is -0.137. The predicted octanol–water partition coefficient (Wildman–Crippen LogP) is 5.11. The first-order valence-corrected chi connectivity index (χ1v) is 12.7. The highest BCUT2D eigenvalue weighted by Crippen LogP contribution is 2.44. The van der Waals surface area contributed by atoms with Crippen LogP contribution in [-0.2, 0) is 17.8 Å². The molecule has 0 spiro atoms. The third kappa shape index (κ3) is 4.58. The van der Waals surface area contributed by atoms with E-state index in [2.05, 4.69) is 28.3 Å². The predicted molar refractivity (Wildman–Crippen MR) is 139 cm³/mol. The van der Waals surface area contributed by atoms with Gasteiger partial charge in [-0.25, -0.2) is 4.98 Å². The third-order valence-corrected chi connectivity index (χ3v) is 7.30. The van der Waals surface area contributed by atoms with Gasteiger partial charge in [0.1, 0.15) is 10.8 Å². The number of nitrogens with one attached hydrogen (secondary N) is 1. The Morgan fingerprint density at radius 1 is 1.28 bits per heavy atom. The molecule has 1 aromatic heterocycles. The van der Waals surface area contributed by atoms with Gasteiger partial charge in [0.15, 0.2) is 5.82 Å². The zero-order valence-corrected chi connectivity index (χ0v) is 20.8. The monoisotopic (exact) mass is 505 g/mol. The SMILES string of the molecule is CN1CCc2c(cc(Nc3ncc(Cl)c(N4CC(CC(=O)O)c5ccccc54)n3)cc2OC2CC2)C1. The van der Waals surface area contributed by atoms with Gasteiger partial charge in [0.25, 0.3) is 0 Å². The van der Waals surface area contributed by atoms with Gasteiger partial charge in [0.05, 0.1) is 18.7 Å². The van der Waals surface area contributed by atoms with Crippen molar-refractivity contribution in [3.05, 3.63) is 64.3 Å². The summed E-state index contributed by atoms with van der Waals surface area (Å²) < 4.78 is 6.27. The number of nitrogens with zero attached hydrogens (tertiary/aromatic N) is 4. The number of aliphatic carboxylic acids is 1. The van der Waals surface area contributed by atoms with Crippen LogP contribution in [0.15, 0.2) is 42.6 Å². The van der Waals surface area contributed by atoms with E-state index < -0.39 is 5.97 Å². The normalized spacial score (nSPS) is 19.1. The largest absolute Gasteiger partial charge is 0.490 e. The molecule has 0 saturated heterocycles. The van der Waals surface area contributed by atoms with Gasteiger partial charge in [0.2, 0.25) is 5.95 Å². The van der Waals surface area contributed by atoms with E-state index in [0.717, 1.165) is 55.0 Å². The summed E-state index contributed by atoms with van der Waals surface area (Å²) in [5, 5.41) is 13.2. The first kappa shape index (κ1) is 23.1. The zero-order chi connectivity index (χ0) is 24.8. The average Bonchev–Trinajstić information content (AvgIpc) is 3.60. The molecule has 36 heavy (non-hydrogen) atoms. The highest BCUT2D eigenvalue weighted by Gasteiger charge is 2.33. The topological polar surface area (TPSA) is 90.8 Å². The van der Waals surface area contributed by atoms with Crippen LogP contribution in [-0.4, -0.2) is 52.2 Å². The number of aromatic nitrogens is 2. The smallest absolute Gasteiger partial charge is 0.304 e. The van der Waals surface area contributed by atoms with Gasteiger partial charge < -0.3 is 25.0 Å². The van der Waals surface area contributed by atoms with Gasteiger partial charge in [-0.2, -0.15) is 4.98 Å². The van der Waals surface area contributed by atoms with Crippen LogP contribution >= 0.6 is 11.6 Å². The minimum atomic E-state index is -0.824. The number of halogens is 1. The van der Waals surface area contributed by atoms with Gasteiger partial charge in [-0.1, -0.05) is 29.8 Å². The molecule has 3 aromatic rings. The molecule has 6 rings (SSSR count). The van der Waals surface area contributed by atoms with Gasteiger partial charge in [-0.3, -0.25) is 4.79 Å². The molecule has 1 fully saturated rings. The summed E-state index contributed by atoms with van der Waals surface area (Å²) in [5.74, 6) is 0.970. The molecule has 0 radical (unpaired) electrons. The number of anilines is 4. The fourth-order valence-corrected chi connectivity index (χ4v) is 5.35. The maximum atomic E-state index is 11.5. The number of carboxylic acid groups (broad SMARTS) is 1. The highest BCUT2D eigenvalue weighted by molar-refractivity contribution is 6.33. The van der Waals surface area contributed by atoms with Crippen molar-refractivity contribution in [2.45, 2.75) is 44.2 Å². The molecule has 8 nitrogen and oxygen atoms in total. The van der Waals surface area contributed by atoms with Crippen LogP contribution < -0.4 is 15.0 Å². The molecular weight excluding hydrogens is 478 g/mol. The van der Waals surface area contributed by atoms with E-state index in [-0.39, 0.29) is 12.3 Å². The summed E-state index contributed by atoms with van der Waals surface area (Å²) in [5.41, 5.74) is 5.33. The Labute approximate surface area is 214 Å². The van der Waals surface area contributed by atoms with Gasteiger partial charge in [-0.15, -0.1) is 0 Å². The molecule has 2 aliphatic heterocycles. The lowest BCUT2D eigenvalue weighted by atomic mass is 9.98. The number of hydrogen-bond donors (Lipinski definition) is 2. The maximum Gasteiger partial charge on any atom is 0.304 e. The van der Waals surface area contributed by atoms with E-state index in [1.165, 1.54) is 11.1 Å². The van der Waals surface area contributed by atoms with Crippen molar-refractivity contribution in [2.75, 3.05) is 30.4 Å². The Hall–Kier alpha value is -3.36. The van der Waals surface area contributed by atoms with E-state index in [4.69, 9.17) is 21.3 Å². The molecular formula is C27H28ClN5O3. The summed E-state index contributed by atoms with van der Waals surface area (Å²) in [6.07, 6.45) is 5.15. The molecule has 186 valence electrons. The molecule has 2 aromatic carbocycles. The minimum absolute atomic E-state index is 0.0503. The summed E-state index contributed by atoms with van der Waals surface area (Å²) in [4.78, 5) is 25.0. The Morgan fingerprint density at radius 2 is 2.11 bits per heavy atom. The van der Waals surface area contributed by atoms with Crippen molar-refractivity contribution in [2.24, 2.45) is 0 Å². The number of hydrogen-bond acceptors (Lipinski definition) is 7. The van der Waals surface area contributed by atoms with Crippen molar-refractivity contribution in [1.82, 2.24) is 14.9 Å². The second-order valence-corrected chi connectivity index (χ2v) is 10.3. The molecule has 2 N–H and O–H groups in total. The van der Waals surface area contributed by atoms with Gasteiger partial charge in [-0.05, 0) is 49.6 Å². The van der Waals surface area contributed by atoms with Gasteiger partial charge in [0, 0.05) is 48.6 Å². The van der Waals surface area contributed by atoms with Crippen molar-refractivity contribution in [3.63, 3.8) is 0 Å². The second kappa shape index (κ2) is 9.26. The molecule has 1 aliphatic carbocycles. The Morgan fingerprint density at radius 3 is 2.92 bits per heavy atom. The second-order valence-electron chi connectivity index (χ2n) is 9.87. The number of likely N-dealkylation sites (N-methyl/N-ethyl adjacent to an activating group) is 1. The number of carboxylic acids is 1. The first-order chi connectivity index (χ1) is 17.4. The standard InChI is InChI=1S/C27H28ClN5O3/c1-32-9-8-21-16(14-32)10-18(12-24(21)36-19-6-7-19)30-27-29-13-22(28)26(31-27)33-15-17(11-25(34)35)20-4-2-3-5-23(20)33/h2-5,10,12-13,17,19H,6-9,11,14-15H2,1H3,(H,34,35)(H,29,30,31). The Bertz CT molecular complexity index is 1330. The van der Waals surface area contributed by atoms with Crippen LogP contribution in [0.5, 0.6) is 5.75 Å². The average molecular weight is 506 g/mol. The number of fused-ring (bicyclic) bond motifs is 2. The molecule has 9 heteroatoms. The van der Waals surface area contributed by atoms with Crippen molar-refractivity contribution >= 4 is 40.7 Å². The Balaban J connectivity index is 1.31. The van der Waals surface area contributed by atoms with Crippen LogP contribution in [0.4, 0.5) is 23.1 Å². The number of benzene rings is 2. The number of rotatable bonds is 7. The fourth-order valence-electron chi connectivity index (χ4n) is 5.16. The lowest BCUT2D eigenvalue weighted by Crippen LogP contribution is -2.27. The summed E-state index contributed by atoms with van der Waals surface area (Å²) >= 11 is 6.56. The van der Waals surface area contributed by atoms with Crippen molar-refractivity contribution < 1.29 is 14.6 Å². The van der Waals surface area contributed by atoms with Gasteiger partial charge >= 0.3 is 5.97 Å². The number of ether oxygens (including phenoxy) is 1. The highest BCUT2D eigenvalue weighted by atomic mass is 35.5. The van der Waals surface area contributed by atoms with E-state index in [9.17, 15) is 9.90 Å².